The lowest BCUT2D eigenvalue weighted by atomic mass is 10.1. The van der Waals surface area contributed by atoms with Crippen LogP contribution >= 0.6 is 24.0 Å². The molecule has 8 nitrogen and oxygen atoms in total. The summed E-state index contributed by atoms with van der Waals surface area (Å²) in [4.78, 5) is 22.6. The Kier molecular flexibility index (Phi) is 7.43. The first-order chi connectivity index (χ1) is 10.8. The molecule has 0 radical (unpaired) electrons. The van der Waals surface area contributed by atoms with Crippen molar-refractivity contribution in [2.24, 2.45) is 10.9 Å². The monoisotopic (exact) mass is 451 g/mol. The molecule has 1 aliphatic heterocycles. The third-order valence-corrected chi connectivity index (χ3v) is 3.41. The molecule has 1 saturated heterocycles. The quantitative estimate of drug-likeness (QED) is 0.324. The van der Waals surface area contributed by atoms with E-state index in [-0.39, 0.29) is 35.9 Å². The van der Waals surface area contributed by atoms with Gasteiger partial charge in [-0.1, -0.05) is 5.16 Å². The second kappa shape index (κ2) is 8.63. The van der Waals surface area contributed by atoms with E-state index < -0.39 is 5.60 Å². The fourth-order valence-corrected chi connectivity index (χ4v) is 2.43. The van der Waals surface area contributed by atoms with Gasteiger partial charge in [-0.05, 0) is 27.2 Å². The number of nitrogens with one attached hydrogen (secondary N) is 1. The highest BCUT2D eigenvalue weighted by Gasteiger charge is 2.33. The molecule has 1 atom stereocenters. The minimum absolute atomic E-state index is 0. The van der Waals surface area contributed by atoms with Gasteiger partial charge in [0.2, 0.25) is 5.89 Å². The van der Waals surface area contributed by atoms with Crippen molar-refractivity contribution in [1.82, 2.24) is 20.4 Å². The van der Waals surface area contributed by atoms with Crippen LogP contribution in [0.4, 0.5) is 0 Å². The molecular weight excluding hydrogens is 425 g/mol. The van der Waals surface area contributed by atoms with Crippen LogP contribution in [0.2, 0.25) is 0 Å². The second-order valence-electron chi connectivity index (χ2n) is 6.60. The molecule has 0 saturated carbocycles. The maximum Gasteiger partial charge on any atom is 0.311 e. The number of halogens is 1. The Morgan fingerprint density at radius 2 is 2.21 bits per heavy atom. The van der Waals surface area contributed by atoms with Crippen molar-refractivity contribution in [3.8, 4) is 0 Å². The van der Waals surface area contributed by atoms with E-state index in [4.69, 9.17) is 9.26 Å². The third kappa shape index (κ3) is 5.91. The predicted octanol–water partition coefficient (Wildman–Crippen LogP) is 1.74. The normalized spacial score (nSPS) is 18.3. The molecule has 0 aromatic carbocycles. The van der Waals surface area contributed by atoms with Crippen molar-refractivity contribution in [3.63, 3.8) is 0 Å². The van der Waals surface area contributed by atoms with Gasteiger partial charge in [-0.15, -0.1) is 24.0 Å². The van der Waals surface area contributed by atoms with Crippen LogP contribution in [0.5, 0.6) is 0 Å². The average Bonchev–Trinajstić information content (AvgIpc) is 3.07. The van der Waals surface area contributed by atoms with Gasteiger partial charge in [-0.2, -0.15) is 4.98 Å². The first kappa shape index (κ1) is 20.7. The molecule has 0 aliphatic carbocycles. The molecule has 1 aromatic heterocycles. The van der Waals surface area contributed by atoms with E-state index in [0.717, 1.165) is 18.9 Å². The number of nitrogens with zero attached hydrogens (tertiary/aromatic N) is 4. The SMILES string of the molecule is CN=C(NCc1noc(C)n1)N1CCC(C(=O)OC(C)(C)C)C1.I. The zero-order valence-electron chi connectivity index (χ0n) is 14.8. The zero-order valence-corrected chi connectivity index (χ0v) is 17.2. The van der Waals surface area contributed by atoms with Gasteiger partial charge in [0.1, 0.15) is 5.60 Å². The number of aliphatic imine (C=N–C) groups is 1. The van der Waals surface area contributed by atoms with E-state index in [9.17, 15) is 4.79 Å². The molecule has 0 spiro atoms. The molecule has 0 bridgehead atoms. The van der Waals surface area contributed by atoms with E-state index in [1.165, 1.54) is 0 Å². The number of ether oxygens (including phenoxy) is 1. The molecule has 1 fully saturated rings. The molecule has 136 valence electrons. The van der Waals surface area contributed by atoms with Crippen LogP contribution in [0, 0.1) is 12.8 Å². The topological polar surface area (TPSA) is 92.9 Å². The highest BCUT2D eigenvalue weighted by Crippen LogP contribution is 2.20. The van der Waals surface area contributed by atoms with Crippen LogP contribution in [0.1, 0.15) is 38.9 Å². The number of aromatic nitrogens is 2. The molecule has 0 amide bonds. The summed E-state index contributed by atoms with van der Waals surface area (Å²) in [6.45, 7) is 9.17. The Morgan fingerprint density at radius 1 is 1.50 bits per heavy atom. The molecule has 24 heavy (non-hydrogen) atoms. The Balaban J connectivity index is 0.00000288. The molecule has 2 heterocycles. The number of hydrogen-bond acceptors (Lipinski definition) is 6. The van der Waals surface area contributed by atoms with Gasteiger partial charge in [0.05, 0.1) is 12.5 Å². The summed E-state index contributed by atoms with van der Waals surface area (Å²) in [6, 6.07) is 0. The lowest BCUT2D eigenvalue weighted by Gasteiger charge is -2.23. The van der Waals surface area contributed by atoms with Gasteiger partial charge in [0, 0.05) is 27.1 Å². The summed E-state index contributed by atoms with van der Waals surface area (Å²) in [7, 11) is 1.71. The van der Waals surface area contributed by atoms with Crippen molar-refractivity contribution in [2.45, 2.75) is 46.3 Å². The van der Waals surface area contributed by atoms with Crippen LogP contribution in [0.3, 0.4) is 0 Å². The number of carbonyl (C=O) groups excluding carboxylic acids is 1. The molecule has 1 aliphatic rings. The molecular formula is C15H26IN5O3. The maximum atomic E-state index is 12.2. The van der Waals surface area contributed by atoms with Gasteiger partial charge < -0.3 is 19.5 Å². The third-order valence-electron chi connectivity index (χ3n) is 3.41. The average molecular weight is 451 g/mol. The number of carbonyl (C=O) groups is 1. The van der Waals surface area contributed by atoms with Gasteiger partial charge in [-0.25, -0.2) is 0 Å². The summed E-state index contributed by atoms with van der Waals surface area (Å²) in [5.41, 5.74) is -0.457. The fraction of sp³-hybridized carbons (Fsp3) is 0.733. The van der Waals surface area contributed by atoms with Crippen molar-refractivity contribution in [2.75, 3.05) is 20.1 Å². The zero-order chi connectivity index (χ0) is 17.0. The first-order valence-corrected chi connectivity index (χ1v) is 7.76. The summed E-state index contributed by atoms with van der Waals surface area (Å²) in [5, 5.41) is 7.02. The molecule has 1 unspecified atom stereocenters. The Hall–Kier alpha value is -1.39. The van der Waals surface area contributed by atoms with Crippen molar-refractivity contribution in [1.29, 1.82) is 0 Å². The largest absolute Gasteiger partial charge is 0.460 e. The van der Waals surface area contributed by atoms with Crippen LogP contribution in [-0.2, 0) is 16.1 Å². The van der Waals surface area contributed by atoms with E-state index in [1.54, 1.807) is 14.0 Å². The molecule has 1 N–H and O–H groups in total. The fourth-order valence-electron chi connectivity index (χ4n) is 2.43. The molecule has 9 heteroatoms. The van der Waals surface area contributed by atoms with Crippen LogP contribution < -0.4 is 5.32 Å². The van der Waals surface area contributed by atoms with Crippen molar-refractivity contribution >= 4 is 35.9 Å². The van der Waals surface area contributed by atoms with Crippen LogP contribution in [0.15, 0.2) is 9.52 Å². The van der Waals surface area contributed by atoms with E-state index >= 15 is 0 Å². The molecule has 2 rings (SSSR count). The lowest BCUT2D eigenvalue weighted by molar-refractivity contribution is -0.159. The van der Waals surface area contributed by atoms with Gasteiger partial charge in [-0.3, -0.25) is 9.79 Å². The standard InChI is InChI=1S/C15H25N5O3.HI/c1-10-18-12(19-23-10)8-17-14(16-5)20-7-6-11(9-20)13(21)22-15(2,3)4;/h11H,6-9H2,1-5H3,(H,16,17);1H. The second-order valence-corrected chi connectivity index (χ2v) is 6.60. The number of aryl methyl sites for hydroxylation is 1. The van der Waals surface area contributed by atoms with Gasteiger partial charge in [0.25, 0.3) is 0 Å². The number of hydrogen-bond donors (Lipinski definition) is 1. The highest BCUT2D eigenvalue weighted by molar-refractivity contribution is 14.0. The smallest absolute Gasteiger partial charge is 0.311 e. The van der Waals surface area contributed by atoms with E-state index in [0.29, 0.717) is 24.8 Å². The van der Waals surface area contributed by atoms with Crippen LogP contribution in [-0.4, -0.2) is 52.7 Å². The number of esters is 1. The lowest BCUT2D eigenvalue weighted by Crippen LogP contribution is -2.40. The minimum Gasteiger partial charge on any atom is -0.460 e. The summed E-state index contributed by atoms with van der Waals surface area (Å²) in [6.07, 6.45) is 0.761. The summed E-state index contributed by atoms with van der Waals surface area (Å²) in [5.74, 6) is 1.55. The van der Waals surface area contributed by atoms with Crippen LogP contribution in [0.25, 0.3) is 0 Å². The molecule has 1 aromatic rings. The Morgan fingerprint density at radius 3 is 2.75 bits per heavy atom. The Labute approximate surface area is 159 Å². The number of likely N-dealkylation sites (tertiary alicyclic amines) is 1. The Bertz CT molecular complexity index is 582. The minimum atomic E-state index is -0.457. The number of rotatable bonds is 3. The summed E-state index contributed by atoms with van der Waals surface area (Å²) >= 11 is 0. The van der Waals surface area contributed by atoms with E-state index in [1.807, 2.05) is 25.7 Å². The first-order valence-electron chi connectivity index (χ1n) is 7.76. The van der Waals surface area contributed by atoms with Crippen molar-refractivity contribution < 1.29 is 14.1 Å². The highest BCUT2D eigenvalue weighted by atomic mass is 127. The summed E-state index contributed by atoms with van der Waals surface area (Å²) < 4.78 is 10.4. The maximum absolute atomic E-state index is 12.2. The van der Waals surface area contributed by atoms with Gasteiger partial charge >= 0.3 is 5.97 Å². The number of guanidine groups is 1. The van der Waals surface area contributed by atoms with Gasteiger partial charge in [0.15, 0.2) is 11.8 Å². The van der Waals surface area contributed by atoms with Crippen molar-refractivity contribution in [3.05, 3.63) is 11.7 Å². The van der Waals surface area contributed by atoms with E-state index in [2.05, 4.69) is 20.4 Å². The predicted molar refractivity (Wildman–Crippen MR) is 100 cm³/mol.